The Morgan fingerprint density at radius 1 is 1.17 bits per heavy atom. The molecule has 126 valence electrons. The normalized spacial score (nSPS) is 17.0. The van der Waals surface area contributed by atoms with Crippen LogP contribution in [0.3, 0.4) is 0 Å². The van der Waals surface area contributed by atoms with Crippen LogP contribution in [0, 0.1) is 5.92 Å². The van der Waals surface area contributed by atoms with Crippen LogP contribution < -0.4 is 0 Å². The highest BCUT2D eigenvalue weighted by Crippen LogP contribution is 2.19. The van der Waals surface area contributed by atoms with Gasteiger partial charge in [-0.3, -0.25) is 9.59 Å². The van der Waals surface area contributed by atoms with E-state index in [1.165, 1.54) is 5.56 Å². The van der Waals surface area contributed by atoms with E-state index in [0.717, 1.165) is 18.8 Å². The van der Waals surface area contributed by atoms with Crippen molar-refractivity contribution in [3.63, 3.8) is 0 Å². The summed E-state index contributed by atoms with van der Waals surface area (Å²) in [5.74, 6) is -0.300. The van der Waals surface area contributed by atoms with Crippen LogP contribution in [0.25, 0.3) is 0 Å². The zero-order chi connectivity index (χ0) is 16.7. The van der Waals surface area contributed by atoms with Gasteiger partial charge in [0.05, 0.1) is 5.92 Å². The number of hydrogen-bond acceptors (Lipinski definition) is 4. The Morgan fingerprint density at radius 3 is 2.43 bits per heavy atom. The largest absolute Gasteiger partial charge is 0.481 e. The van der Waals surface area contributed by atoms with Gasteiger partial charge in [0.1, 0.15) is 0 Å². The van der Waals surface area contributed by atoms with Crippen LogP contribution in [0.1, 0.15) is 12.0 Å². The third kappa shape index (κ3) is 5.88. The summed E-state index contributed by atoms with van der Waals surface area (Å²) in [6.07, 6.45) is 0.0981. The number of nitrogens with zero attached hydrogens (tertiary/aromatic N) is 2. The molecule has 1 saturated heterocycles. The van der Waals surface area contributed by atoms with Gasteiger partial charge in [0.25, 0.3) is 0 Å². The van der Waals surface area contributed by atoms with Gasteiger partial charge in [-0.25, -0.2) is 0 Å². The van der Waals surface area contributed by atoms with Crippen LogP contribution in [-0.2, 0) is 15.3 Å². The van der Waals surface area contributed by atoms with E-state index in [1.54, 1.807) is 16.7 Å². The molecule has 1 fully saturated rings. The van der Waals surface area contributed by atoms with E-state index >= 15 is 0 Å². The fraction of sp³-hybridized carbons (Fsp3) is 0.529. The van der Waals surface area contributed by atoms with Gasteiger partial charge in [-0.05, 0) is 12.6 Å². The van der Waals surface area contributed by atoms with Gasteiger partial charge in [-0.2, -0.15) is 11.8 Å². The van der Waals surface area contributed by atoms with E-state index in [-0.39, 0.29) is 12.3 Å². The first-order chi connectivity index (χ1) is 11.1. The van der Waals surface area contributed by atoms with Crippen molar-refractivity contribution >= 4 is 23.6 Å². The number of carboxylic acids is 1. The Morgan fingerprint density at radius 2 is 1.83 bits per heavy atom. The minimum Gasteiger partial charge on any atom is -0.481 e. The Labute approximate surface area is 141 Å². The monoisotopic (exact) mass is 336 g/mol. The minimum atomic E-state index is -0.881. The lowest BCUT2D eigenvalue weighted by Gasteiger charge is -2.33. The summed E-state index contributed by atoms with van der Waals surface area (Å²) in [4.78, 5) is 27.7. The van der Waals surface area contributed by atoms with Crippen molar-refractivity contribution in [3.8, 4) is 0 Å². The van der Waals surface area contributed by atoms with Crippen molar-refractivity contribution in [2.24, 2.45) is 5.92 Å². The molecule has 0 spiro atoms. The average Bonchev–Trinajstić information content (AvgIpc) is 2.55. The van der Waals surface area contributed by atoms with Gasteiger partial charge in [0.2, 0.25) is 5.91 Å². The number of rotatable bonds is 7. The first-order valence-electron chi connectivity index (χ1n) is 7.87. The molecule has 1 atom stereocenters. The fourth-order valence-corrected chi connectivity index (χ4v) is 3.60. The van der Waals surface area contributed by atoms with Gasteiger partial charge in [-0.1, -0.05) is 30.3 Å². The summed E-state index contributed by atoms with van der Waals surface area (Å²) in [5, 5.41) is 9.37. The molecule has 1 aromatic rings. The Balaban J connectivity index is 1.79. The molecule has 0 bridgehead atoms. The number of piperazine rings is 1. The maximum absolute atomic E-state index is 12.3. The Kier molecular flexibility index (Phi) is 6.92. The highest BCUT2D eigenvalue weighted by molar-refractivity contribution is 7.98. The topological polar surface area (TPSA) is 60.9 Å². The van der Waals surface area contributed by atoms with E-state index in [4.69, 9.17) is 0 Å². The number of carbonyl (C=O) groups is 2. The minimum absolute atomic E-state index is 0.0363. The lowest BCUT2D eigenvalue weighted by molar-refractivity contribution is -0.145. The molecule has 1 unspecified atom stereocenters. The van der Waals surface area contributed by atoms with E-state index in [2.05, 4.69) is 4.90 Å². The SMILES string of the molecule is CN1CCN(C(=O)CC(CSCc2ccccc2)C(=O)O)CC1. The van der Waals surface area contributed by atoms with E-state index < -0.39 is 11.9 Å². The van der Waals surface area contributed by atoms with E-state index in [9.17, 15) is 14.7 Å². The van der Waals surface area contributed by atoms with Crippen LogP contribution in [0.15, 0.2) is 30.3 Å². The molecule has 23 heavy (non-hydrogen) atoms. The van der Waals surface area contributed by atoms with Crippen molar-refractivity contribution in [1.29, 1.82) is 0 Å². The van der Waals surface area contributed by atoms with Crippen molar-refractivity contribution in [1.82, 2.24) is 9.80 Å². The molecule has 1 heterocycles. The molecule has 2 rings (SSSR count). The number of aliphatic carboxylic acids is 1. The van der Waals surface area contributed by atoms with Crippen LogP contribution in [0.2, 0.25) is 0 Å². The van der Waals surface area contributed by atoms with Crippen LogP contribution >= 0.6 is 11.8 Å². The quantitative estimate of drug-likeness (QED) is 0.822. The zero-order valence-corrected chi connectivity index (χ0v) is 14.3. The predicted octanol–water partition coefficient (Wildman–Crippen LogP) is 1.78. The third-order valence-corrected chi connectivity index (χ3v) is 5.23. The molecule has 6 heteroatoms. The summed E-state index contributed by atoms with van der Waals surface area (Å²) >= 11 is 1.57. The number of carbonyl (C=O) groups excluding carboxylic acids is 1. The molecule has 0 aliphatic carbocycles. The zero-order valence-electron chi connectivity index (χ0n) is 13.5. The summed E-state index contributed by atoms with van der Waals surface area (Å²) < 4.78 is 0. The number of likely N-dealkylation sites (N-methyl/N-ethyl adjacent to an activating group) is 1. The summed E-state index contributed by atoms with van der Waals surface area (Å²) in [6.45, 7) is 3.09. The summed E-state index contributed by atoms with van der Waals surface area (Å²) in [6, 6.07) is 9.96. The lowest BCUT2D eigenvalue weighted by Crippen LogP contribution is -2.47. The first kappa shape index (κ1) is 17.8. The van der Waals surface area contributed by atoms with E-state index in [0.29, 0.717) is 18.8 Å². The smallest absolute Gasteiger partial charge is 0.307 e. The molecule has 1 amide bonds. The van der Waals surface area contributed by atoms with Crippen LogP contribution in [-0.4, -0.2) is 65.8 Å². The van der Waals surface area contributed by atoms with Gasteiger partial charge in [0, 0.05) is 44.1 Å². The van der Waals surface area contributed by atoms with Crippen LogP contribution in [0.5, 0.6) is 0 Å². The lowest BCUT2D eigenvalue weighted by atomic mass is 10.1. The second-order valence-electron chi connectivity index (χ2n) is 5.92. The van der Waals surface area contributed by atoms with Crippen molar-refractivity contribution < 1.29 is 14.7 Å². The fourth-order valence-electron chi connectivity index (χ4n) is 2.51. The highest BCUT2D eigenvalue weighted by atomic mass is 32.2. The highest BCUT2D eigenvalue weighted by Gasteiger charge is 2.26. The molecule has 5 nitrogen and oxygen atoms in total. The molecule has 0 aromatic heterocycles. The Hall–Kier alpha value is -1.53. The molecule has 1 aromatic carbocycles. The van der Waals surface area contributed by atoms with Crippen LogP contribution in [0.4, 0.5) is 0 Å². The number of benzene rings is 1. The van der Waals surface area contributed by atoms with Gasteiger partial charge >= 0.3 is 5.97 Å². The first-order valence-corrected chi connectivity index (χ1v) is 9.02. The average molecular weight is 336 g/mol. The number of amides is 1. The molecule has 0 radical (unpaired) electrons. The van der Waals surface area contributed by atoms with Gasteiger partial charge in [0.15, 0.2) is 0 Å². The predicted molar refractivity (Wildman–Crippen MR) is 92.4 cm³/mol. The third-order valence-electron chi connectivity index (χ3n) is 4.06. The summed E-state index contributed by atoms with van der Waals surface area (Å²) in [5.41, 5.74) is 1.17. The molecular formula is C17H24N2O3S. The standard InChI is InChI=1S/C17H24N2O3S/c1-18-7-9-19(10-8-18)16(20)11-15(17(21)22)13-23-12-14-5-3-2-4-6-14/h2-6,15H,7-13H2,1H3,(H,21,22). The number of carboxylic acid groups (broad SMARTS) is 1. The van der Waals surface area contributed by atoms with Crippen molar-refractivity contribution in [3.05, 3.63) is 35.9 Å². The Bertz CT molecular complexity index is 516. The van der Waals surface area contributed by atoms with Crippen molar-refractivity contribution in [2.45, 2.75) is 12.2 Å². The second kappa shape index (κ2) is 8.93. The summed E-state index contributed by atoms with van der Waals surface area (Å²) in [7, 11) is 2.03. The second-order valence-corrected chi connectivity index (χ2v) is 6.95. The maximum Gasteiger partial charge on any atom is 0.307 e. The van der Waals surface area contributed by atoms with Crippen molar-refractivity contribution in [2.75, 3.05) is 39.0 Å². The molecule has 1 aliphatic rings. The molecule has 1 N–H and O–H groups in total. The maximum atomic E-state index is 12.3. The molecular weight excluding hydrogens is 312 g/mol. The van der Waals surface area contributed by atoms with E-state index in [1.807, 2.05) is 37.4 Å². The van der Waals surface area contributed by atoms with Gasteiger partial charge < -0.3 is 14.9 Å². The molecule has 0 saturated carbocycles. The number of thioether (sulfide) groups is 1. The number of hydrogen-bond donors (Lipinski definition) is 1. The molecule has 1 aliphatic heterocycles. The van der Waals surface area contributed by atoms with Gasteiger partial charge in [-0.15, -0.1) is 0 Å².